The van der Waals surface area contributed by atoms with E-state index in [1.807, 2.05) is 23.0 Å². The van der Waals surface area contributed by atoms with Crippen LogP contribution in [0.3, 0.4) is 0 Å². The second-order valence-corrected chi connectivity index (χ2v) is 5.73. The fourth-order valence-corrected chi connectivity index (χ4v) is 2.79. The highest BCUT2D eigenvalue weighted by Crippen LogP contribution is 2.26. The van der Waals surface area contributed by atoms with Crippen LogP contribution < -0.4 is 0 Å². The molecule has 2 aromatic heterocycles. The van der Waals surface area contributed by atoms with Crippen molar-refractivity contribution in [1.29, 1.82) is 0 Å². The molecule has 0 bridgehead atoms. The van der Waals surface area contributed by atoms with E-state index in [-0.39, 0.29) is 0 Å². The predicted octanol–water partition coefficient (Wildman–Crippen LogP) is 5.12. The molecule has 21 heavy (non-hydrogen) atoms. The van der Waals surface area contributed by atoms with Crippen LogP contribution in [0.5, 0.6) is 0 Å². The van der Waals surface area contributed by atoms with Crippen LogP contribution in [0.1, 0.15) is 70.4 Å². The van der Waals surface area contributed by atoms with E-state index in [2.05, 4.69) is 31.1 Å². The first-order valence-corrected chi connectivity index (χ1v) is 8.31. The summed E-state index contributed by atoms with van der Waals surface area (Å²) < 4.78 is 1.94. The van der Waals surface area contributed by atoms with Gasteiger partial charge in [-0.3, -0.25) is 4.98 Å². The molecule has 0 aliphatic rings. The van der Waals surface area contributed by atoms with Gasteiger partial charge in [-0.15, -0.1) is 0 Å². The maximum absolute atomic E-state index is 4.78. The maximum atomic E-state index is 4.78. The topological polar surface area (TPSA) is 30.7 Å². The van der Waals surface area contributed by atoms with Gasteiger partial charge in [0.25, 0.3) is 0 Å². The van der Waals surface area contributed by atoms with Gasteiger partial charge < -0.3 is 0 Å². The molecule has 3 heteroatoms. The molecule has 0 aliphatic heterocycles. The van der Waals surface area contributed by atoms with E-state index in [1.54, 1.807) is 6.20 Å². The van der Waals surface area contributed by atoms with Gasteiger partial charge in [-0.1, -0.05) is 46.0 Å². The fraction of sp³-hybridized carbons (Fsp3) is 0.556. The van der Waals surface area contributed by atoms with E-state index in [0.29, 0.717) is 5.92 Å². The number of nitrogens with zero attached hydrogens (tertiary/aromatic N) is 3. The van der Waals surface area contributed by atoms with Crippen molar-refractivity contribution in [1.82, 2.24) is 14.8 Å². The molecule has 2 aromatic rings. The highest BCUT2D eigenvalue weighted by atomic mass is 15.3. The smallest absolute Gasteiger partial charge is 0.0828 e. The molecule has 0 aromatic carbocycles. The number of unbranched alkanes of at least 4 members (excludes halogenated alkanes) is 3. The third-order valence-electron chi connectivity index (χ3n) is 3.98. The molecule has 0 spiro atoms. The molecule has 3 nitrogen and oxygen atoms in total. The first kappa shape index (κ1) is 15.7. The number of rotatable bonds is 9. The van der Waals surface area contributed by atoms with Gasteiger partial charge in [0.15, 0.2) is 0 Å². The molecule has 0 amide bonds. The van der Waals surface area contributed by atoms with Crippen molar-refractivity contribution in [2.75, 3.05) is 0 Å². The van der Waals surface area contributed by atoms with Crippen LogP contribution in [-0.2, 0) is 0 Å². The molecule has 0 radical (unpaired) electrons. The van der Waals surface area contributed by atoms with E-state index >= 15 is 0 Å². The van der Waals surface area contributed by atoms with Gasteiger partial charge >= 0.3 is 0 Å². The maximum Gasteiger partial charge on any atom is 0.0828 e. The predicted molar refractivity (Wildman–Crippen MR) is 87.8 cm³/mol. The van der Waals surface area contributed by atoms with Gasteiger partial charge in [0, 0.05) is 18.3 Å². The summed E-state index contributed by atoms with van der Waals surface area (Å²) >= 11 is 0. The van der Waals surface area contributed by atoms with Crippen LogP contribution in [0.15, 0.2) is 36.8 Å². The Morgan fingerprint density at radius 2 is 1.95 bits per heavy atom. The summed E-state index contributed by atoms with van der Waals surface area (Å²) in [7, 11) is 0. The Balaban J connectivity index is 2.01. The lowest BCUT2D eigenvalue weighted by Gasteiger charge is -2.13. The van der Waals surface area contributed by atoms with E-state index in [1.165, 1.54) is 50.6 Å². The van der Waals surface area contributed by atoms with Crippen molar-refractivity contribution in [3.8, 4) is 5.69 Å². The molecule has 114 valence electrons. The summed E-state index contributed by atoms with van der Waals surface area (Å²) in [6, 6.07) is 6.16. The van der Waals surface area contributed by atoms with E-state index in [0.717, 1.165) is 5.69 Å². The zero-order valence-electron chi connectivity index (χ0n) is 13.3. The zero-order chi connectivity index (χ0) is 14.9. The summed E-state index contributed by atoms with van der Waals surface area (Å²) in [6.07, 6.45) is 14.7. The first-order valence-electron chi connectivity index (χ1n) is 8.31. The van der Waals surface area contributed by atoms with E-state index in [4.69, 9.17) is 5.10 Å². The van der Waals surface area contributed by atoms with Crippen molar-refractivity contribution in [3.05, 3.63) is 42.5 Å². The minimum atomic E-state index is 0.602. The molecular formula is C18H27N3. The molecular weight excluding hydrogens is 258 g/mol. The number of hydrogen-bond donors (Lipinski definition) is 0. The number of hydrogen-bond acceptors (Lipinski definition) is 2. The lowest BCUT2D eigenvalue weighted by Crippen LogP contribution is -2.02. The van der Waals surface area contributed by atoms with Crippen molar-refractivity contribution < 1.29 is 0 Å². The summed E-state index contributed by atoms with van der Waals surface area (Å²) in [5.41, 5.74) is 2.27. The van der Waals surface area contributed by atoms with Crippen molar-refractivity contribution in [3.63, 3.8) is 0 Å². The quantitative estimate of drug-likeness (QED) is 0.598. The van der Waals surface area contributed by atoms with Crippen LogP contribution in [0, 0.1) is 0 Å². The van der Waals surface area contributed by atoms with Gasteiger partial charge in [-0.05, 0) is 31.0 Å². The monoisotopic (exact) mass is 285 g/mol. The van der Waals surface area contributed by atoms with Gasteiger partial charge in [0.2, 0.25) is 0 Å². The van der Waals surface area contributed by atoms with Gasteiger partial charge in [0.1, 0.15) is 0 Å². The molecule has 1 atom stereocenters. The molecule has 0 fully saturated rings. The van der Waals surface area contributed by atoms with Crippen LogP contribution >= 0.6 is 0 Å². The summed E-state index contributed by atoms with van der Waals surface area (Å²) in [5, 5.41) is 4.78. The Kier molecular flexibility index (Phi) is 6.45. The highest BCUT2D eigenvalue weighted by Gasteiger charge is 2.14. The number of pyridine rings is 1. The molecule has 0 aliphatic carbocycles. The van der Waals surface area contributed by atoms with Crippen molar-refractivity contribution in [2.24, 2.45) is 0 Å². The first-order chi connectivity index (χ1) is 10.3. The minimum absolute atomic E-state index is 0.602. The third-order valence-corrected chi connectivity index (χ3v) is 3.98. The van der Waals surface area contributed by atoms with Crippen LogP contribution in [-0.4, -0.2) is 14.8 Å². The SMILES string of the molecule is CCCCCCC(CCC)c1ccn(-c2cccnc2)n1. The lowest BCUT2D eigenvalue weighted by atomic mass is 9.93. The van der Waals surface area contributed by atoms with Gasteiger partial charge in [0.05, 0.1) is 17.6 Å². The summed E-state index contributed by atoms with van der Waals surface area (Å²) in [4.78, 5) is 4.16. The normalized spacial score (nSPS) is 12.5. The Morgan fingerprint density at radius 3 is 2.67 bits per heavy atom. The van der Waals surface area contributed by atoms with Crippen LogP contribution in [0.25, 0.3) is 5.69 Å². The summed E-state index contributed by atoms with van der Waals surface area (Å²) in [5.74, 6) is 0.602. The van der Waals surface area contributed by atoms with E-state index < -0.39 is 0 Å². The van der Waals surface area contributed by atoms with Crippen molar-refractivity contribution >= 4 is 0 Å². The summed E-state index contributed by atoms with van der Waals surface area (Å²) in [6.45, 7) is 4.52. The zero-order valence-corrected chi connectivity index (χ0v) is 13.3. The van der Waals surface area contributed by atoms with Gasteiger partial charge in [-0.25, -0.2) is 4.68 Å². The minimum Gasteiger partial charge on any atom is -0.262 e. The molecule has 1 unspecified atom stereocenters. The average Bonchev–Trinajstić information content (AvgIpc) is 3.01. The van der Waals surface area contributed by atoms with Crippen LogP contribution in [0.2, 0.25) is 0 Å². The van der Waals surface area contributed by atoms with E-state index in [9.17, 15) is 0 Å². The Labute approximate surface area is 128 Å². The molecule has 0 N–H and O–H groups in total. The second kappa shape index (κ2) is 8.60. The largest absolute Gasteiger partial charge is 0.262 e. The molecule has 0 saturated heterocycles. The Bertz CT molecular complexity index is 504. The third kappa shape index (κ3) is 4.69. The standard InChI is InChI=1S/C18H27N3/c1-3-5-6-7-10-16(9-4-2)18-12-14-21(20-18)17-11-8-13-19-15-17/h8,11-16H,3-7,9-10H2,1-2H3. The average molecular weight is 285 g/mol. The molecule has 2 heterocycles. The van der Waals surface area contributed by atoms with Gasteiger partial charge in [-0.2, -0.15) is 5.10 Å². The van der Waals surface area contributed by atoms with Crippen LogP contribution in [0.4, 0.5) is 0 Å². The number of aromatic nitrogens is 3. The lowest BCUT2D eigenvalue weighted by molar-refractivity contribution is 0.509. The molecule has 0 saturated carbocycles. The Hall–Kier alpha value is -1.64. The fourth-order valence-electron chi connectivity index (χ4n) is 2.79. The molecule has 2 rings (SSSR count). The Morgan fingerprint density at radius 1 is 1.05 bits per heavy atom. The van der Waals surface area contributed by atoms with Crippen molar-refractivity contribution in [2.45, 2.75) is 64.7 Å². The second-order valence-electron chi connectivity index (χ2n) is 5.73. The highest BCUT2D eigenvalue weighted by molar-refractivity contribution is 5.27.